The molecule has 15 rings (SSSR count). The van der Waals surface area contributed by atoms with Crippen molar-refractivity contribution in [2.24, 2.45) is 0 Å². The maximum Gasteiger partial charge on any atom is 0.144 e. The first kappa shape index (κ1) is 42.7. The number of benzene rings is 11. The fourth-order valence-corrected chi connectivity index (χ4v) is 12.9. The molecule has 0 radical (unpaired) electrons. The van der Waals surface area contributed by atoms with Gasteiger partial charge in [-0.3, -0.25) is 0 Å². The third kappa shape index (κ3) is 6.24. The Balaban J connectivity index is 0.971. The summed E-state index contributed by atoms with van der Waals surface area (Å²) in [5, 5.41) is 4.59. The van der Waals surface area contributed by atoms with E-state index in [1.54, 1.807) is 0 Å². The predicted octanol–water partition coefficient (Wildman–Crippen LogP) is 20.1. The summed E-state index contributed by atoms with van der Waals surface area (Å²) in [7, 11) is 0. The molecule has 0 amide bonds. The van der Waals surface area contributed by atoms with Crippen LogP contribution in [0.15, 0.2) is 239 Å². The molecule has 13 aromatic rings. The van der Waals surface area contributed by atoms with Gasteiger partial charge in [-0.2, -0.15) is 0 Å². The normalized spacial score (nSPS) is 13.9. The Morgan fingerprint density at radius 2 is 0.595 bits per heavy atom. The van der Waals surface area contributed by atoms with Crippen LogP contribution in [0.25, 0.3) is 133 Å². The Kier molecular flexibility index (Phi) is 9.09. The lowest BCUT2D eigenvalue weighted by Crippen LogP contribution is -2.17. The third-order valence-electron chi connectivity index (χ3n) is 16.6. The Morgan fingerprint density at radius 3 is 1.07 bits per heavy atom. The highest BCUT2D eigenvalue weighted by Gasteiger charge is 2.45. The maximum atomic E-state index is 7.20. The molecule has 0 aliphatic heterocycles. The Morgan fingerprint density at radius 1 is 0.257 bits per heavy atom. The lowest BCUT2D eigenvalue weighted by molar-refractivity contribution is 0.649. The maximum absolute atomic E-state index is 7.20. The number of hydrogen-bond donors (Lipinski definition) is 0. The van der Waals surface area contributed by atoms with Crippen LogP contribution >= 0.6 is 0 Å². The molecule has 2 heteroatoms. The van der Waals surface area contributed by atoms with E-state index in [-0.39, 0.29) is 10.8 Å². The summed E-state index contributed by atoms with van der Waals surface area (Å²) in [6.45, 7) is 9.66. The van der Waals surface area contributed by atoms with Gasteiger partial charge in [-0.15, -0.1) is 0 Å². The lowest BCUT2D eigenvalue weighted by Gasteiger charge is -2.24. The van der Waals surface area contributed by atoms with Crippen LogP contribution in [-0.4, -0.2) is 0 Å². The van der Waals surface area contributed by atoms with E-state index in [1.807, 2.05) is 0 Å². The number of fused-ring (bicyclic) bond motifs is 14. The zero-order valence-corrected chi connectivity index (χ0v) is 41.8. The highest BCUT2D eigenvalue weighted by molar-refractivity contribution is 6.21. The van der Waals surface area contributed by atoms with Gasteiger partial charge in [-0.1, -0.05) is 185 Å². The van der Waals surface area contributed by atoms with Crippen molar-refractivity contribution in [1.82, 2.24) is 0 Å². The minimum atomic E-state index is -0.364. The quantitative estimate of drug-likeness (QED) is 0.166. The van der Waals surface area contributed by atoms with Crippen molar-refractivity contribution in [1.29, 1.82) is 0 Å². The molecule has 0 spiro atoms. The summed E-state index contributed by atoms with van der Waals surface area (Å²) >= 11 is 0. The Bertz CT molecular complexity index is 4320. The fraction of sp³-hybridized carbons (Fsp3) is 0.0833. The summed E-state index contributed by atoms with van der Waals surface area (Å²) in [5.41, 5.74) is 27.2. The Labute approximate surface area is 430 Å². The first-order chi connectivity index (χ1) is 36.2. The highest BCUT2D eigenvalue weighted by atomic mass is 16.3. The minimum Gasteiger partial charge on any atom is -0.455 e. The van der Waals surface area contributed by atoms with Gasteiger partial charge >= 0.3 is 0 Å². The fourth-order valence-electron chi connectivity index (χ4n) is 12.9. The van der Waals surface area contributed by atoms with E-state index in [4.69, 9.17) is 8.83 Å². The van der Waals surface area contributed by atoms with Crippen molar-refractivity contribution in [2.75, 3.05) is 0 Å². The van der Waals surface area contributed by atoms with Gasteiger partial charge in [0.25, 0.3) is 0 Å². The van der Waals surface area contributed by atoms with Gasteiger partial charge in [-0.25, -0.2) is 0 Å². The molecule has 2 aromatic heterocycles. The van der Waals surface area contributed by atoms with Gasteiger partial charge in [0.15, 0.2) is 0 Å². The molecule has 0 unspecified atom stereocenters. The van der Waals surface area contributed by atoms with Crippen molar-refractivity contribution in [3.63, 3.8) is 0 Å². The Hall–Kier alpha value is -8.98. The van der Waals surface area contributed by atoms with Gasteiger partial charge in [0.2, 0.25) is 0 Å². The van der Waals surface area contributed by atoms with E-state index in [2.05, 4.69) is 258 Å². The van der Waals surface area contributed by atoms with Crippen LogP contribution in [0.2, 0.25) is 0 Å². The van der Waals surface area contributed by atoms with Crippen LogP contribution in [0.3, 0.4) is 0 Å². The van der Waals surface area contributed by atoms with E-state index < -0.39 is 0 Å². The topological polar surface area (TPSA) is 26.3 Å². The molecule has 0 saturated carbocycles. The molecule has 0 atom stereocenters. The zero-order valence-electron chi connectivity index (χ0n) is 41.8. The summed E-state index contributed by atoms with van der Waals surface area (Å²) in [6, 6.07) is 84.4. The molecular weight excluding hydrogens is 897 g/mol. The van der Waals surface area contributed by atoms with Gasteiger partial charge in [0.05, 0.1) is 0 Å². The van der Waals surface area contributed by atoms with Crippen molar-refractivity contribution in [3.05, 3.63) is 253 Å². The second-order valence-corrected chi connectivity index (χ2v) is 21.6. The molecule has 0 N–H and O–H groups in total. The average molecular weight is 947 g/mol. The molecule has 0 bridgehead atoms. The van der Waals surface area contributed by atoms with E-state index in [9.17, 15) is 0 Å². The summed E-state index contributed by atoms with van der Waals surface area (Å²) in [5.74, 6) is 0. The first-order valence-electron chi connectivity index (χ1n) is 25.9. The van der Waals surface area contributed by atoms with Gasteiger partial charge in [0.1, 0.15) is 22.3 Å². The molecule has 2 nitrogen and oxygen atoms in total. The van der Waals surface area contributed by atoms with E-state index >= 15 is 0 Å². The summed E-state index contributed by atoms with van der Waals surface area (Å²) in [6.07, 6.45) is 0. The summed E-state index contributed by atoms with van der Waals surface area (Å²) in [4.78, 5) is 0. The standard InChI is InChI=1S/C72H50O2/c1-71(2)59-42-58-60(41-57(59)66-61(71)40-56(69-68(66)54-30-18-20-32-64(54)73-69)52-37-49(45-25-13-7-14-26-45)34-50(38-52)46-27-15-8-16-28-46)72(3,4)62-39-55(65-53-29-17-19-31-63(53)74-70(65)67(58)62)51-35-47(43-21-9-5-10-22-43)33-48(36-51)44-23-11-6-12-24-44/h5-42H,1-4H3. The molecular formula is C72H50O2. The van der Waals surface area contributed by atoms with Crippen molar-refractivity contribution in [2.45, 2.75) is 38.5 Å². The number of rotatable bonds is 6. The minimum absolute atomic E-state index is 0.355. The monoisotopic (exact) mass is 946 g/mol. The van der Waals surface area contributed by atoms with Crippen molar-refractivity contribution in [3.8, 4) is 89.0 Å². The average Bonchev–Trinajstić information content (AvgIpc) is 4.16. The number of furan rings is 2. The van der Waals surface area contributed by atoms with Gasteiger partial charge in [-0.05, 0) is 173 Å². The summed E-state index contributed by atoms with van der Waals surface area (Å²) < 4.78 is 14.3. The van der Waals surface area contributed by atoms with Crippen LogP contribution in [0.5, 0.6) is 0 Å². The van der Waals surface area contributed by atoms with Crippen LogP contribution < -0.4 is 0 Å². The van der Waals surface area contributed by atoms with Crippen LogP contribution in [0.1, 0.15) is 49.9 Å². The van der Waals surface area contributed by atoms with E-state index in [0.29, 0.717) is 0 Å². The SMILES string of the molecule is CC1(C)c2cc3c(cc2-c2c1cc(-c1cc(-c4ccccc4)cc(-c4ccccc4)c1)c1c2oc2ccccc21)C(C)(C)c1cc(-c2cc(-c4ccccc4)cc(-c4ccccc4)c2)c2oc4ccccc4c2c1-3. The van der Waals surface area contributed by atoms with Crippen LogP contribution in [0.4, 0.5) is 0 Å². The second kappa shape index (κ2) is 15.8. The zero-order chi connectivity index (χ0) is 49.5. The largest absolute Gasteiger partial charge is 0.455 e. The second-order valence-electron chi connectivity index (χ2n) is 21.6. The van der Waals surface area contributed by atoms with Crippen LogP contribution in [0, 0.1) is 0 Å². The molecule has 0 saturated heterocycles. The molecule has 2 heterocycles. The van der Waals surface area contributed by atoms with E-state index in [1.165, 1.54) is 106 Å². The highest BCUT2D eigenvalue weighted by Crippen LogP contribution is 2.61. The molecule has 11 aromatic carbocycles. The smallest absolute Gasteiger partial charge is 0.144 e. The number of hydrogen-bond acceptors (Lipinski definition) is 2. The molecule has 350 valence electrons. The van der Waals surface area contributed by atoms with Crippen molar-refractivity contribution < 1.29 is 8.83 Å². The first-order valence-corrected chi connectivity index (χ1v) is 25.9. The number of para-hydroxylation sites is 2. The third-order valence-corrected chi connectivity index (χ3v) is 16.6. The lowest BCUT2D eigenvalue weighted by atomic mass is 9.78. The predicted molar refractivity (Wildman–Crippen MR) is 309 cm³/mol. The molecule has 74 heavy (non-hydrogen) atoms. The van der Waals surface area contributed by atoms with E-state index in [0.717, 1.165) is 49.6 Å². The molecule has 2 aliphatic rings. The molecule has 0 fully saturated rings. The van der Waals surface area contributed by atoms with Crippen molar-refractivity contribution >= 4 is 43.9 Å². The van der Waals surface area contributed by atoms with Crippen LogP contribution in [-0.2, 0) is 10.8 Å². The van der Waals surface area contributed by atoms with Gasteiger partial charge < -0.3 is 8.83 Å². The van der Waals surface area contributed by atoms with Gasteiger partial charge in [0, 0.05) is 43.5 Å². The molecule has 2 aliphatic carbocycles.